The van der Waals surface area contributed by atoms with E-state index in [2.05, 4.69) is 16.0 Å². The van der Waals surface area contributed by atoms with E-state index in [0.717, 1.165) is 5.56 Å². The Morgan fingerprint density at radius 3 is 1.82 bits per heavy atom. The lowest BCUT2D eigenvalue weighted by molar-refractivity contribution is -0.142. The van der Waals surface area contributed by atoms with Crippen LogP contribution in [0.25, 0.3) is 0 Å². The normalized spacial score (nSPS) is 12.0. The Balaban J connectivity index is 1.78. The van der Waals surface area contributed by atoms with Gasteiger partial charge in [-0.15, -0.1) is 0 Å². The van der Waals surface area contributed by atoms with Crippen molar-refractivity contribution in [1.29, 1.82) is 0 Å². The van der Waals surface area contributed by atoms with Crippen LogP contribution in [0.4, 0.5) is 5.69 Å². The standard InChI is InChI=1S/C30H31N3O7/c1-18-4-10-23(11-5-18)28(36)32-26(16-21-6-12-24(13-7-21)31-19(2)34)29(37)33-27(30(38)39)17-22-8-14-25(15-9-22)40-20(3)35/h4-15,26-27H,16-17H2,1-3H3,(H,31,34)(H,32,36)(H,33,37)(H,38,39)/t26-,27-/m0/s1. The van der Waals surface area contributed by atoms with Gasteiger partial charge in [0.25, 0.3) is 5.91 Å². The predicted molar refractivity (Wildman–Crippen MR) is 148 cm³/mol. The van der Waals surface area contributed by atoms with Gasteiger partial charge >= 0.3 is 11.9 Å². The highest BCUT2D eigenvalue weighted by molar-refractivity contribution is 5.98. The summed E-state index contributed by atoms with van der Waals surface area (Å²) in [5, 5.41) is 17.7. The first-order chi connectivity index (χ1) is 19.0. The average molecular weight is 546 g/mol. The largest absolute Gasteiger partial charge is 0.480 e. The molecule has 0 heterocycles. The van der Waals surface area contributed by atoms with Crippen LogP contribution in [0.5, 0.6) is 5.75 Å². The van der Waals surface area contributed by atoms with Gasteiger partial charge in [-0.05, 0) is 54.4 Å². The summed E-state index contributed by atoms with van der Waals surface area (Å²) in [6.07, 6.45) is 0.0404. The van der Waals surface area contributed by atoms with Crippen LogP contribution in [0.1, 0.15) is 40.9 Å². The quantitative estimate of drug-likeness (QED) is 0.214. The molecule has 3 aromatic rings. The van der Waals surface area contributed by atoms with Gasteiger partial charge in [0, 0.05) is 37.9 Å². The number of aliphatic carboxylic acids is 1. The summed E-state index contributed by atoms with van der Waals surface area (Å²) < 4.78 is 4.99. The van der Waals surface area contributed by atoms with Crippen LogP contribution in [0, 0.1) is 6.92 Å². The number of carboxylic acids is 1. The van der Waals surface area contributed by atoms with Crippen LogP contribution in [-0.4, -0.2) is 46.9 Å². The molecule has 0 bridgehead atoms. The number of aryl methyl sites for hydroxylation is 1. The fourth-order valence-electron chi connectivity index (χ4n) is 3.89. The molecule has 0 unspecified atom stereocenters. The van der Waals surface area contributed by atoms with Crippen molar-refractivity contribution in [2.75, 3.05) is 5.32 Å². The molecule has 0 saturated heterocycles. The number of carbonyl (C=O) groups is 5. The maximum absolute atomic E-state index is 13.4. The molecule has 0 aliphatic carbocycles. The monoisotopic (exact) mass is 545 g/mol. The van der Waals surface area contributed by atoms with E-state index in [1.165, 1.54) is 26.0 Å². The third-order valence-corrected chi connectivity index (χ3v) is 5.89. The first-order valence-electron chi connectivity index (χ1n) is 12.5. The zero-order chi connectivity index (χ0) is 29.2. The van der Waals surface area contributed by atoms with Gasteiger partial charge in [0.05, 0.1) is 0 Å². The number of benzene rings is 3. The third kappa shape index (κ3) is 9.09. The van der Waals surface area contributed by atoms with Gasteiger partial charge in [0.2, 0.25) is 11.8 Å². The summed E-state index contributed by atoms with van der Waals surface area (Å²) in [5.41, 5.74) is 3.18. The SMILES string of the molecule is CC(=O)Nc1ccc(C[C@H](NC(=O)c2ccc(C)cc2)C(=O)N[C@@H](Cc2ccc(OC(C)=O)cc2)C(=O)O)cc1. The molecule has 3 amide bonds. The summed E-state index contributed by atoms with van der Waals surface area (Å²) in [5.74, 6) is -2.79. The molecule has 0 fully saturated rings. The van der Waals surface area contributed by atoms with Crippen LogP contribution < -0.4 is 20.7 Å². The van der Waals surface area contributed by atoms with Gasteiger partial charge in [0.15, 0.2) is 0 Å². The van der Waals surface area contributed by atoms with E-state index in [1.807, 2.05) is 6.92 Å². The summed E-state index contributed by atoms with van der Waals surface area (Å²) in [6, 6.07) is 17.5. The smallest absolute Gasteiger partial charge is 0.326 e. The van der Waals surface area contributed by atoms with Crippen LogP contribution in [0.3, 0.4) is 0 Å². The molecule has 10 nitrogen and oxygen atoms in total. The number of rotatable bonds is 11. The van der Waals surface area contributed by atoms with Crippen molar-refractivity contribution in [2.24, 2.45) is 0 Å². The number of anilines is 1. The van der Waals surface area contributed by atoms with Crippen LogP contribution in [-0.2, 0) is 32.0 Å². The second-order valence-electron chi connectivity index (χ2n) is 9.32. The van der Waals surface area contributed by atoms with Gasteiger partial charge in [-0.2, -0.15) is 0 Å². The molecular weight excluding hydrogens is 514 g/mol. The Kier molecular flexibility index (Phi) is 10.1. The highest BCUT2D eigenvalue weighted by Gasteiger charge is 2.27. The number of carboxylic acid groups (broad SMARTS) is 1. The van der Waals surface area contributed by atoms with Crippen molar-refractivity contribution in [2.45, 2.75) is 45.7 Å². The molecule has 0 radical (unpaired) electrons. The van der Waals surface area contributed by atoms with Crippen molar-refractivity contribution in [1.82, 2.24) is 10.6 Å². The number of hydrogen-bond acceptors (Lipinski definition) is 6. The first kappa shape index (κ1) is 29.6. The van der Waals surface area contributed by atoms with E-state index >= 15 is 0 Å². The van der Waals surface area contributed by atoms with Crippen molar-refractivity contribution < 1.29 is 33.8 Å². The zero-order valence-corrected chi connectivity index (χ0v) is 22.4. The average Bonchev–Trinajstić information content (AvgIpc) is 2.89. The van der Waals surface area contributed by atoms with Gasteiger partial charge in [-0.1, -0.05) is 42.0 Å². The number of esters is 1. The summed E-state index contributed by atoms with van der Waals surface area (Å²) in [4.78, 5) is 60.8. The molecule has 3 rings (SSSR count). The van der Waals surface area contributed by atoms with Crippen LogP contribution in [0.15, 0.2) is 72.8 Å². The molecule has 0 aromatic heterocycles. The van der Waals surface area contributed by atoms with Crippen molar-refractivity contribution in [3.8, 4) is 5.75 Å². The van der Waals surface area contributed by atoms with Gasteiger partial charge in [-0.3, -0.25) is 19.2 Å². The molecule has 40 heavy (non-hydrogen) atoms. The summed E-state index contributed by atoms with van der Waals surface area (Å²) in [7, 11) is 0. The number of amides is 3. The lowest BCUT2D eigenvalue weighted by Gasteiger charge is -2.22. The topological polar surface area (TPSA) is 151 Å². The van der Waals surface area contributed by atoms with Gasteiger partial charge in [0.1, 0.15) is 17.8 Å². The predicted octanol–water partition coefficient (Wildman–Crippen LogP) is 3.03. The number of carbonyl (C=O) groups excluding carboxylic acids is 4. The lowest BCUT2D eigenvalue weighted by Crippen LogP contribution is -2.53. The van der Waals surface area contributed by atoms with E-state index in [-0.39, 0.29) is 18.7 Å². The lowest BCUT2D eigenvalue weighted by atomic mass is 10.0. The molecule has 4 N–H and O–H groups in total. The van der Waals surface area contributed by atoms with Crippen molar-refractivity contribution in [3.63, 3.8) is 0 Å². The number of hydrogen-bond donors (Lipinski definition) is 4. The second-order valence-corrected chi connectivity index (χ2v) is 9.32. The second kappa shape index (κ2) is 13.7. The maximum atomic E-state index is 13.4. The van der Waals surface area contributed by atoms with E-state index < -0.39 is 35.8 Å². The number of ether oxygens (including phenoxy) is 1. The zero-order valence-electron chi connectivity index (χ0n) is 22.4. The minimum absolute atomic E-state index is 0.0362. The molecule has 10 heteroatoms. The molecule has 208 valence electrons. The Morgan fingerprint density at radius 2 is 1.30 bits per heavy atom. The first-order valence-corrected chi connectivity index (χ1v) is 12.5. The van der Waals surface area contributed by atoms with E-state index in [4.69, 9.17) is 4.74 Å². The van der Waals surface area contributed by atoms with Gasteiger partial charge in [-0.25, -0.2) is 4.79 Å². The molecule has 0 saturated carbocycles. The molecule has 2 atom stereocenters. The highest BCUT2D eigenvalue weighted by Crippen LogP contribution is 2.15. The van der Waals surface area contributed by atoms with Crippen molar-refractivity contribution >= 4 is 35.3 Å². The Hall–Kier alpha value is -4.99. The summed E-state index contributed by atoms with van der Waals surface area (Å²) >= 11 is 0. The Bertz CT molecular complexity index is 1370. The minimum Gasteiger partial charge on any atom is -0.480 e. The molecule has 0 aliphatic heterocycles. The molecule has 0 aliphatic rings. The minimum atomic E-state index is -1.28. The Labute approximate surface area is 231 Å². The maximum Gasteiger partial charge on any atom is 0.326 e. The van der Waals surface area contributed by atoms with Crippen molar-refractivity contribution in [3.05, 3.63) is 95.1 Å². The van der Waals surface area contributed by atoms with Crippen LogP contribution >= 0.6 is 0 Å². The molecule has 3 aromatic carbocycles. The van der Waals surface area contributed by atoms with E-state index in [0.29, 0.717) is 28.1 Å². The van der Waals surface area contributed by atoms with E-state index in [1.54, 1.807) is 60.7 Å². The molecule has 0 spiro atoms. The van der Waals surface area contributed by atoms with Crippen LogP contribution in [0.2, 0.25) is 0 Å². The molecular formula is C30H31N3O7. The fourth-order valence-corrected chi connectivity index (χ4v) is 3.89. The Morgan fingerprint density at radius 1 is 0.750 bits per heavy atom. The summed E-state index contributed by atoms with van der Waals surface area (Å²) in [6.45, 7) is 4.55. The fraction of sp³-hybridized carbons (Fsp3) is 0.233. The number of nitrogens with one attached hydrogen (secondary N) is 3. The third-order valence-electron chi connectivity index (χ3n) is 5.89. The van der Waals surface area contributed by atoms with E-state index in [9.17, 15) is 29.1 Å². The highest BCUT2D eigenvalue weighted by atomic mass is 16.5. The van der Waals surface area contributed by atoms with Gasteiger partial charge < -0.3 is 25.8 Å².